The molecule has 0 bridgehead atoms. The van der Waals surface area contributed by atoms with Crippen molar-refractivity contribution < 1.29 is 8.42 Å². The van der Waals surface area contributed by atoms with Gasteiger partial charge in [0.1, 0.15) is 4.90 Å². The second kappa shape index (κ2) is 6.47. The van der Waals surface area contributed by atoms with Crippen LogP contribution in [0.5, 0.6) is 0 Å². The van der Waals surface area contributed by atoms with Gasteiger partial charge in [0.25, 0.3) is 0 Å². The number of nitrogens with one attached hydrogen (secondary N) is 1. The Morgan fingerprint density at radius 2 is 1.90 bits per heavy atom. The molecule has 1 aromatic heterocycles. The van der Waals surface area contributed by atoms with Crippen molar-refractivity contribution in [2.45, 2.75) is 37.1 Å². The SMILES string of the molecule is CC(CNS(=O)(=O)c1cnc(N)nc1)N1CCCCC1. The minimum Gasteiger partial charge on any atom is -0.368 e. The molecule has 1 unspecified atom stereocenters. The van der Waals surface area contributed by atoms with Gasteiger partial charge in [-0.2, -0.15) is 0 Å². The summed E-state index contributed by atoms with van der Waals surface area (Å²) in [5.74, 6) is 0.0608. The summed E-state index contributed by atoms with van der Waals surface area (Å²) in [6.45, 7) is 4.49. The number of aromatic nitrogens is 2. The highest BCUT2D eigenvalue weighted by Gasteiger charge is 2.20. The van der Waals surface area contributed by atoms with Gasteiger partial charge in [0.2, 0.25) is 16.0 Å². The average molecular weight is 299 g/mol. The maximum Gasteiger partial charge on any atom is 0.243 e. The van der Waals surface area contributed by atoms with Gasteiger partial charge in [-0.05, 0) is 32.9 Å². The predicted octanol–water partition coefficient (Wildman–Crippen LogP) is 0.212. The van der Waals surface area contributed by atoms with E-state index in [1.807, 2.05) is 6.92 Å². The van der Waals surface area contributed by atoms with Crippen LogP contribution in [0.25, 0.3) is 0 Å². The summed E-state index contributed by atoms with van der Waals surface area (Å²) in [5.41, 5.74) is 5.35. The number of nitrogen functional groups attached to an aromatic ring is 1. The smallest absolute Gasteiger partial charge is 0.243 e. The van der Waals surface area contributed by atoms with E-state index in [-0.39, 0.29) is 16.9 Å². The zero-order valence-corrected chi connectivity index (χ0v) is 12.4. The third kappa shape index (κ3) is 3.87. The predicted molar refractivity (Wildman–Crippen MR) is 76.5 cm³/mol. The van der Waals surface area contributed by atoms with E-state index in [2.05, 4.69) is 19.6 Å². The molecule has 0 saturated carbocycles. The van der Waals surface area contributed by atoms with Gasteiger partial charge in [0.05, 0.1) is 12.4 Å². The van der Waals surface area contributed by atoms with Gasteiger partial charge in [-0.15, -0.1) is 0 Å². The Hall–Kier alpha value is -1.25. The maximum atomic E-state index is 12.1. The number of nitrogens with two attached hydrogens (primary N) is 1. The largest absolute Gasteiger partial charge is 0.368 e. The minimum absolute atomic E-state index is 0.0394. The molecule has 112 valence electrons. The molecule has 2 rings (SSSR count). The van der Waals surface area contributed by atoms with Gasteiger partial charge in [0, 0.05) is 12.6 Å². The second-order valence-corrected chi connectivity index (χ2v) is 6.84. The molecule has 2 heterocycles. The molecule has 0 amide bonds. The Bertz CT molecular complexity index is 525. The number of likely N-dealkylation sites (tertiary alicyclic amines) is 1. The summed E-state index contributed by atoms with van der Waals surface area (Å²) in [6.07, 6.45) is 6.07. The van der Waals surface area contributed by atoms with E-state index in [1.54, 1.807) is 0 Å². The van der Waals surface area contributed by atoms with Crippen LogP contribution < -0.4 is 10.5 Å². The van der Waals surface area contributed by atoms with Gasteiger partial charge >= 0.3 is 0 Å². The van der Waals surface area contributed by atoms with Crippen molar-refractivity contribution in [2.24, 2.45) is 0 Å². The van der Waals surface area contributed by atoms with Crippen molar-refractivity contribution in [3.63, 3.8) is 0 Å². The molecule has 1 aromatic rings. The summed E-state index contributed by atoms with van der Waals surface area (Å²) in [7, 11) is -3.57. The van der Waals surface area contributed by atoms with Crippen molar-refractivity contribution in [1.29, 1.82) is 0 Å². The van der Waals surface area contributed by atoms with Crippen LogP contribution in [0.1, 0.15) is 26.2 Å². The number of hydrogen-bond donors (Lipinski definition) is 2. The number of sulfonamides is 1. The molecule has 8 heteroatoms. The minimum atomic E-state index is -3.57. The van der Waals surface area contributed by atoms with Crippen molar-refractivity contribution in [3.05, 3.63) is 12.4 Å². The van der Waals surface area contributed by atoms with Crippen LogP contribution in [0.3, 0.4) is 0 Å². The zero-order valence-electron chi connectivity index (χ0n) is 11.6. The third-order valence-corrected chi connectivity index (χ3v) is 4.92. The maximum absolute atomic E-state index is 12.1. The lowest BCUT2D eigenvalue weighted by molar-refractivity contribution is 0.175. The molecule has 20 heavy (non-hydrogen) atoms. The summed E-state index contributed by atoms with van der Waals surface area (Å²) < 4.78 is 26.8. The van der Waals surface area contributed by atoms with Gasteiger partial charge < -0.3 is 5.73 Å². The van der Waals surface area contributed by atoms with Crippen molar-refractivity contribution in [1.82, 2.24) is 19.6 Å². The second-order valence-electron chi connectivity index (χ2n) is 5.07. The fourth-order valence-electron chi connectivity index (χ4n) is 2.27. The highest BCUT2D eigenvalue weighted by molar-refractivity contribution is 7.89. The summed E-state index contributed by atoms with van der Waals surface area (Å²) in [4.78, 5) is 9.75. The zero-order chi connectivity index (χ0) is 14.6. The van der Waals surface area contributed by atoms with Crippen LogP contribution in [-0.4, -0.2) is 49.0 Å². The monoisotopic (exact) mass is 299 g/mol. The van der Waals surface area contributed by atoms with E-state index in [0.29, 0.717) is 6.54 Å². The molecule has 0 spiro atoms. The average Bonchev–Trinajstić information content (AvgIpc) is 2.46. The van der Waals surface area contributed by atoms with Crippen molar-refractivity contribution >= 4 is 16.0 Å². The van der Waals surface area contributed by atoms with E-state index in [0.717, 1.165) is 13.1 Å². The Morgan fingerprint density at radius 1 is 1.30 bits per heavy atom. The first-order valence-electron chi connectivity index (χ1n) is 6.80. The standard InChI is InChI=1S/C12H21N5O2S/c1-10(17-5-3-2-4-6-17)7-16-20(18,19)11-8-14-12(13)15-9-11/h8-10,16H,2-7H2,1H3,(H2,13,14,15). The number of anilines is 1. The molecule has 7 nitrogen and oxygen atoms in total. The Balaban J connectivity index is 1.93. The third-order valence-electron chi connectivity index (χ3n) is 3.54. The van der Waals surface area contributed by atoms with Crippen LogP contribution in [0.4, 0.5) is 5.95 Å². The molecule has 1 aliphatic rings. The summed E-state index contributed by atoms with van der Waals surface area (Å²) in [5, 5.41) is 0. The van der Waals surface area contributed by atoms with Crippen LogP contribution >= 0.6 is 0 Å². The van der Waals surface area contributed by atoms with Gasteiger partial charge in [0.15, 0.2) is 0 Å². The Morgan fingerprint density at radius 3 is 2.50 bits per heavy atom. The number of nitrogens with zero attached hydrogens (tertiary/aromatic N) is 3. The summed E-state index contributed by atoms with van der Waals surface area (Å²) in [6, 6.07) is 0.180. The molecule has 0 radical (unpaired) electrons. The van der Waals surface area contributed by atoms with Gasteiger partial charge in [-0.1, -0.05) is 6.42 Å². The summed E-state index contributed by atoms with van der Waals surface area (Å²) >= 11 is 0. The first-order valence-corrected chi connectivity index (χ1v) is 8.28. The van der Waals surface area contributed by atoms with Crippen LogP contribution in [0, 0.1) is 0 Å². The van der Waals surface area contributed by atoms with Gasteiger partial charge in [-0.3, -0.25) is 4.90 Å². The van der Waals surface area contributed by atoms with Crippen molar-refractivity contribution in [2.75, 3.05) is 25.4 Å². The molecular formula is C12H21N5O2S. The molecule has 0 aliphatic carbocycles. The number of rotatable bonds is 5. The molecule has 3 N–H and O–H groups in total. The molecular weight excluding hydrogens is 278 g/mol. The molecule has 1 saturated heterocycles. The highest BCUT2D eigenvalue weighted by atomic mass is 32.2. The molecule has 1 atom stereocenters. The molecule has 1 aliphatic heterocycles. The Kier molecular flexibility index (Phi) is 4.90. The van der Waals surface area contributed by atoms with Crippen LogP contribution in [0.2, 0.25) is 0 Å². The van der Waals surface area contributed by atoms with E-state index in [1.165, 1.54) is 31.7 Å². The van der Waals surface area contributed by atoms with Gasteiger partial charge in [-0.25, -0.2) is 23.1 Å². The number of hydrogen-bond acceptors (Lipinski definition) is 6. The fraction of sp³-hybridized carbons (Fsp3) is 0.667. The number of piperidine rings is 1. The normalized spacial score (nSPS) is 18.9. The first kappa shape index (κ1) is 15.1. The lowest BCUT2D eigenvalue weighted by atomic mass is 10.1. The van der Waals surface area contributed by atoms with E-state index >= 15 is 0 Å². The van der Waals surface area contributed by atoms with E-state index < -0.39 is 10.0 Å². The quantitative estimate of drug-likeness (QED) is 0.806. The lowest BCUT2D eigenvalue weighted by Gasteiger charge is -2.32. The van der Waals surface area contributed by atoms with Crippen LogP contribution in [0.15, 0.2) is 17.3 Å². The van der Waals surface area contributed by atoms with Crippen LogP contribution in [-0.2, 0) is 10.0 Å². The fourth-order valence-corrected chi connectivity index (χ4v) is 3.28. The first-order chi connectivity index (χ1) is 9.49. The Labute approximate surface area is 119 Å². The topological polar surface area (TPSA) is 101 Å². The van der Waals surface area contributed by atoms with E-state index in [9.17, 15) is 8.42 Å². The van der Waals surface area contributed by atoms with Crippen molar-refractivity contribution in [3.8, 4) is 0 Å². The van der Waals surface area contributed by atoms with E-state index in [4.69, 9.17) is 5.73 Å². The highest BCUT2D eigenvalue weighted by Crippen LogP contribution is 2.12. The molecule has 1 fully saturated rings. The molecule has 0 aromatic carbocycles. The lowest BCUT2D eigenvalue weighted by Crippen LogP contribution is -2.44.